The van der Waals surface area contributed by atoms with Crippen LogP contribution in [0.2, 0.25) is 0 Å². The molecule has 0 saturated carbocycles. The van der Waals surface area contributed by atoms with Crippen molar-refractivity contribution < 1.29 is 4.79 Å². The lowest BCUT2D eigenvalue weighted by Crippen LogP contribution is -2.25. The first kappa shape index (κ1) is 14.9. The van der Waals surface area contributed by atoms with Gasteiger partial charge in [-0.3, -0.25) is 4.79 Å². The molecule has 0 saturated heterocycles. The van der Waals surface area contributed by atoms with Crippen molar-refractivity contribution in [1.82, 2.24) is 0 Å². The quantitative estimate of drug-likeness (QED) is 0.716. The van der Waals surface area contributed by atoms with Gasteiger partial charge in [0.05, 0.1) is 6.54 Å². The van der Waals surface area contributed by atoms with Gasteiger partial charge in [0.25, 0.3) is 0 Å². The monoisotopic (exact) mass is 247 g/mol. The highest BCUT2D eigenvalue weighted by molar-refractivity contribution is 5.83. The standard InChI is InChI=1S/C16H25NO/c1-3-4-5-10-15(16(18)12-17)11-14-9-7-6-8-13(14)2/h6-9,15H,3-5,10-12,17H2,1-2H3. The van der Waals surface area contributed by atoms with Crippen molar-refractivity contribution in [2.75, 3.05) is 6.54 Å². The van der Waals surface area contributed by atoms with Crippen molar-refractivity contribution in [3.63, 3.8) is 0 Å². The fourth-order valence-corrected chi connectivity index (χ4v) is 2.29. The molecule has 0 radical (unpaired) electrons. The van der Waals surface area contributed by atoms with E-state index in [1.807, 2.05) is 12.1 Å². The molecule has 1 unspecified atom stereocenters. The Kier molecular flexibility index (Phi) is 6.66. The van der Waals surface area contributed by atoms with Gasteiger partial charge in [-0.2, -0.15) is 0 Å². The minimum Gasteiger partial charge on any atom is -0.324 e. The summed E-state index contributed by atoms with van der Waals surface area (Å²) in [5.74, 6) is 0.303. The van der Waals surface area contributed by atoms with Crippen LogP contribution in [0, 0.1) is 12.8 Å². The van der Waals surface area contributed by atoms with Crippen molar-refractivity contribution in [2.24, 2.45) is 11.7 Å². The molecule has 2 nitrogen and oxygen atoms in total. The molecule has 0 amide bonds. The summed E-state index contributed by atoms with van der Waals surface area (Å²) in [7, 11) is 0. The van der Waals surface area contributed by atoms with Crippen molar-refractivity contribution in [2.45, 2.75) is 46.0 Å². The topological polar surface area (TPSA) is 43.1 Å². The van der Waals surface area contributed by atoms with Gasteiger partial charge in [0.15, 0.2) is 0 Å². The van der Waals surface area contributed by atoms with Crippen LogP contribution in [0.15, 0.2) is 24.3 Å². The highest BCUT2D eigenvalue weighted by atomic mass is 16.1. The van der Waals surface area contributed by atoms with Crippen LogP contribution in [0.1, 0.15) is 43.7 Å². The van der Waals surface area contributed by atoms with Gasteiger partial charge in [-0.15, -0.1) is 0 Å². The molecule has 2 N–H and O–H groups in total. The van der Waals surface area contributed by atoms with Crippen LogP contribution < -0.4 is 5.73 Å². The molecule has 0 heterocycles. The molecule has 100 valence electrons. The number of carbonyl (C=O) groups excluding carboxylic acids is 1. The number of rotatable bonds is 8. The first-order chi connectivity index (χ1) is 8.69. The molecule has 1 aromatic carbocycles. The molecule has 0 spiro atoms. The minimum absolute atomic E-state index is 0.0997. The molecular weight excluding hydrogens is 222 g/mol. The van der Waals surface area contributed by atoms with Gasteiger partial charge in [-0.1, -0.05) is 50.5 Å². The van der Waals surface area contributed by atoms with Gasteiger partial charge < -0.3 is 5.73 Å². The summed E-state index contributed by atoms with van der Waals surface area (Å²) in [6.45, 7) is 4.45. The molecule has 0 aliphatic rings. The van der Waals surface area contributed by atoms with Gasteiger partial charge in [-0.05, 0) is 30.9 Å². The summed E-state index contributed by atoms with van der Waals surface area (Å²) in [5.41, 5.74) is 8.06. The lowest BCUT2D eigenvalue weighted by molar-refractivity contribution is -0.121. The van der Waals surface area contributed by atoms with Crippen LogP contribution >= 0.6 is 0 Å². The van der Waals surface area contributed by atoms with Crippen LogP contribution in [0.5, 0.6) is 0 Å². The first-order valence-corrected chi connectivity index (χ1v) is 6.96. The van der Waals surface area contributed by atoms with Crippen molar-refractivity contribution in [3.8, 4) is 0 Å². The maximum absolute atomic E-state index is 11.9. The van der Waals surface area contributed by atoms with E-state index >= 15 is 0 Å². The van der Waals surface area contributed by atoms with Crippen molar-refractivity contribution in [1.29, 1.82) is 0 Å². The Morgan fingerprint density at radius 3 is 2.61 bits per heavy atom. The minimum atomic E-state index is 0.0997. The van der Waals surface area contributed by atoms with Crippen LogP contribution in [0.3, 0.4) is 0 Å². The molecule has 18 heavy (non-hydrogen) atoms. The summed E-state index contributed by atoms with van der Waals surface area (Å²) in [4.78, 5) is 11.9. The fourth-order valence-electron chi connectivity index (χ4n) is 2.29. The normalized spacial score (nSPS) is 12.4. The third kappa shape index (κ3) is 4.61. The van der Waals surface area contributed by atoms with Crippen LogP contribution in [0.25, 0.3) is 0 Å². The second kappa shape index (κ2) is 8.04. The van der Waals surface area contributed by atoms with Crippen LogP contribution in [-0.4, -0.2) is 12.3 Å². The molecule has 0 aromatic heterocycles. The summed E-state index contributed by atoms with van der Waals surface area (Å²) in [6.07, 6.45) is 5.32. The summed E-state index contributed by atoms with van der Waals surface area (Å²) >= 11 is 0. The average Bonchev–Trinajstić information content (AvgIpc) is 2.39. The zero-order valence-corrected chi connectivity index (χ0v) is 11.6. The predicted octanol–water partition coefficient (Wildman–Crippen LogP) is 3.26. The maximum atomic E-state index is 11.9. The van der Waals surface area contributed by atoms with E-state index in [2.05, 4.69) is 26.0 Å². The molecule has 2 heteroatoms. The number of aryl methyl sites for hydroxylation is 1. The van der Waals surface area contributed by atoms with Gasteiger partial charge in [-0.25, -0.2) is 0 Å². The zero-order valence-electron chi connectivity index (χ0n) is 11.6. The van der Waals surface area contributed by atoms with E-state index in [1.165, 1.54) is 24.0 Å². The van der Waals surface area contributed by atoms with E-state index in [-0.39, 0.29) is 18.2 Å². The Morgan fingerprint density at radius 2 is 2.00 bits per heavy atom. The van der Waals surface area contributed by atoms with Crippen LogP contribution in [-0.2, 0) is 11.2 Å². The Balaban J connectivity index is 2.66. The maximum Gasteiger partial charge on any atom is 0.149 e. The lowest BCUT2D eigenvalue weighted by atomic mass is 9.88. The van der Waals surface area contributed by atoms with Crippen molar-refractivity contribution in [3.05, 3.63) is 35.4 Å². The van der Waals surface area contributed by atoms with Crippen molar-refractivity contribution >= 4 is 5.78 Å². The third-order valence-corrected chi connectivity index (χ3v) is 3.54. The summed E-state index contributed by atoms with van der Waals surface area (Å²) in [5, 5.41) is 0. The molecule has 1 aromatic rings. The summed E-state index contributed by atoms with van der Waals surface area (Å²) < 4.78 is 0. The number of Topliss-reactive ketones (excluding diaryl/α,β-unsaturated/α-hetero) is 1. The van der Waals surface area contributed by atoms with Gasteiger partial charge in [0.2, 0.25) is 0 Å². The molecule has 0 bridgehead atoms. The largest absolute Gasteiger partial charge is 0.324 e. The molecule has 1 atom stereocenters. The number of carbonyl (C=O) groups is 1. The second-order valence-electron chi connectivity index (χ2n) is 4.99. The Morgan fingerprint density at radius 1 is 1.28 bits per heavy atom. The van der Waals surface area contributed by atoms with Gasteiger partial charge in [0, 0.05) is 5.92 Å². The van der Waals surface area contributed by atoms with E-state index in [4.69, 9.17) is 5.73 Å². The predicted molar refractivity (Wildman–Crippen MR) is 76.6 cm³/mol. The van der Waals surface area contributed by atoms with E-state index in [9.17, 15) is 4.79 Å². The van der Waals surface area contributed by atoms with E-state index < -0.39 is 0 Å². The highest BCUT2D eigenvalue weighted by Crippen LogP contribution is 2.19. The SMILES string of the molecule is CCCCCC(Cc1ccccc1C)C(=O)CN. The van der Waals surface area contributed by atoms with Gasteiger partial charge in [0.1, 0.15) is 5.78 Å². The van der Waals surface area contributed by atoms with E-state index in [0.29, 0.717) is 0 Å². The third-order valence-electron chi connectivity index (χ3n) is 3.54. The molecule has 0 aliphatic heterocycles. The average molecular weight is 247 g/mol. The fraction of sp³-hybridized carbons (Fsp3) is 0.562. The van der Waals surface area contributed by atoms with E-state index in [0.717, 1.165) is 19.3 Å². The molecular formula is C16H25NO. The molecule has 0 fully saturated rings. The summed E-state index contributed by atoms with van der Waals surface area (Å²) in [6, 6.07) is 8.30. The number of ketones is 1. The smallest absolute Gasteiger partial charge is 0.149 e. The number of hydrogen-bond acceptors (Lipinski definition) is 2. The molecule has 1 rings (SSSR count). The van der Waals surface area contributed by atoms with Gasteiger partial charge >= 0.3 is 0 Å². The lowest BCUT2D eigenvalue weighted by Gasteiger charge is -2.16. The number of hydrogen-bond donors (Lipinski definition) is 1. The first-order valence-electron chi connectivity index (χ1n) is 6.96. The Labute approximate surface area is 111 Å². The Hall–Kier alpha value is -1.15. The number of unbranched alkanes of at least 4 members (excludes halogenated alkanes) is 2. The number of nitrogens with two attached hydrogens (primary N) is 1. The van der Waals surface area contributed by atoms with Crippen LogP contribution in [0.4, 0.5) is 0 Å². The van der Waals surface area contributed by atoms with E-state index in [1.54, 1.807) is 0 Å². The highest BCUT2D eigenvalue weighted by Gasteiger charge is 2.17. The second-order valence-corrected chi connectivity index (χ2v) is 4.99. The Bertz CT molecular complexity index is 373. The molecule has 0 aliphatic carbocycles. The number of benzene rings is 1. The zero-order chi connectivity index (χ0) is 13.4.